The van der Waals surface area contributed by atoms with Gasteiger partial charge in [-0.05, 0) is 66.8 Å². The SMILES string of the molecule is CCC(C)N(Cc1ccc(OC)c(OS(=O)(=O)c2ccc(F)cc2)c1)C(=O)Nc1cccc2ccccc12. The number of rotatable bonds is 9. The zero-order chi connectivity index (χ0) is 27.3. The minimum absolute atomic E-state index is 0.0344. The molecule has 0 aliphatic rings. The van der Waals surface area contributed by atoms with E-state index in [2.05, 4.69) is 5.32 Å². The van der Waals surface area contributed by atoms with Gasteiger partial charge < -0.3 is 19.1 Å². The fourth-order valence-corrected chi connectivity index (χ4v) is 4.95. The number of ether oxygens (including phenoxy) is 1. The molecule has 0 heterocycles. The molecule has 0 saturated heterocycles. The number of anilines is 1. The van der Waals surface area contributed by atoms with E-state index in [0.29, 0.717) is 17.7 Å². The molecule has 1 unspecified atom stereocenters. The Balaban J connectivity index is 1.60. The van der Waals surface area contributed by atoms with E-state index in [1.54, 1.807) is 17.0 Å². The van der Waals surface area contributed by atoms with Crippen LogP contribution in [0.4, 0.5) is 14.9 Å². The molecule has 0 aliphatic heterocycles. The van der Waals surface area contributed by atoms with Gasteiger partial charge in [-0.1, -0.05) is 49.4 Å². The highest BCUT2D eigenvalue weighted by Crippen LogP contribution is 2.32. The summed E-state index contributed by atoms with van der Waals surface area (Å²) in [5.41, 5.74) is 1.34. The molecule has 0 saturated carbocycles. The number of benzene rings is 4. The van der Waals surface area contributed by atoms with Crippen LogP contribution >= 0.6 is 0 Å². The van der Waals surface area contributed by atoms with Gasteiger partial charge in [-0.25, -0.2) is 9.18 Å². The van der Waals surface area contributed by atoms with Crippen molar-refractivity contribution in [3.05, 3.63) is 96.3 Å². The summed E-state index contributed by atoms with van der Waals surface area (Å²) in [5.74, 6) is -0.391. The molecule has 1 atom stereocenters. The molecule has 4 rings (SSSR count). The average molecular weight is 537 g/mol. The maximum atomic E-state index is 13.4. The van der Waals surface area contributed by atoms with Gasteiger partial charge in [-0.3, -0.25) is 0 Å². The van der Waals surface area contributed by atoms with Gasteiger partial charge in [0.05, 0.1) is 12.8 Å². The molecule has 0 aromatic heterocycles. The molecule has 38 heavy (non-hydrogen) atoms. The van der Waals surface area contributed by atoms with Gasteiger partial charge in [0.2, 0.25) is 0 Å². The van der Waals surface area contributed by atoms with Crippen molar-refractivity contribution in [2.75, 3.05) is 12.4 Å². The first-order valence-corrected chi connectivity index (χ1v) is 13.5. The number of nitrogens with one attached hydrogen (secondary N) is 1. The van der Waals surface area contributed by atoms with Crippen LogP contribution < -0.4 is 14.2 Å². The minimum atomic E-state index is -4.25. The number of methoxy groups -OCH3 is 1. The van der Waals surface area contributed by atoms with Crippen molar-refractivity contribution >= 4 is 32.6 Å². The number of fused-ring (bicyclic) bond motifs is 1. The number of hydrogen-bond donors (Lipinski definition) is 1. The molecule has 0 aliphatic carbocycles. The van der Waals surface area contributed by atoms with E-state index in [-0.39, 0.29) is 35.0 Å². The minimum Gasteiger partial charge on any atom is -0.493 e. The first-order chi connectivity index (χ1) is 18.2. The summed E-state index contributed by atoms with van der Waals surface area (Å²) in [5, 5.41) is 4.97. The van der Waals surface area contributed by atoms with E-state index in [1.807, 2.05) is 56.3 Å². The molecule has 0 fully saturated rings. The summed E-state index contributed by atoms with van der Waals surface area (Å²) in [7, 11) is -2.85. The quantitative estimate of drug-likeness (QED) is 0.244. The van der Waals surface area contributed by atoms with Crippen LogP contribution in [-0.4, -0.2) is 32.5 Å². The molecular formula is C29H29FN2O5S. The summed E-state index contributed by atoms with van der Waals surface area (Å²) < 4.78 is 49.6. The van der Waals surface area contributed by atoms with Crippen LogP contribution in [0.2, 0.25) is 0 Å². The first kappa shape index (κ1) is 26.9. The van der Waals surface area contributed by atoms with Crippen molar-refractivity contribution in [2.24, 2.45) is 0 Å². The van der Waals surface area contributed by atoms with Gasteiger partial charge in [0.25, 0.3) is 0 Å². The zero-order valence-electron chi connectivity index (χ0n) is 21.3. The third kappa shape index (κ3) is 6.06. The molecule has 2 amide bonds. The molecular weight excluding hydrogens is 507 g/mol. The highest BCUT2D eigenvalue weighted by atomic mass is 32.2. The molecule has 7 nitrogen and oxygen atoms in total. The van der Waals surface area contributed by atoms with Crippen molar-refractivity contribution in [3.8, 4) is 11.5 Å². The van der Waals surface area contributed by atoms with Gasteiger partial charge in [0, 0.05) is 18.0 Å². The normalized spacial score (nSPS) is 12.1. The fraction of sp³-hybridized carbons (Fsp3) is 0.207. The Kier molecular flexibility index (Phi) is 8.16. The standard InChI is InChI=1S/C29H29FN2O5S/c1-4-20(2)32(29(33)31-26-11-7-9-22-8-5-6-10-25(22)26)19-21-12-17-27(36-3)28(18-21)37-38(34,35)24-15-13-23(30)14-16-24/h5-18,20H,4,19H2,1-3H3,(H,31,33). The van der Waals surface area contributed by atoms with Crippen LogP contribution in [0.15, 0.2) is 89.8 Å². The molecule has 0 radical (unpaired) electrons. The predicted molar refractivity (Wildman–Crippen MR) is 145 cm³/mol. The number of urea groups is 1. The Hall–Kier alpha value is -4.11. The Morgan fingerprint density at radius 3 is 2.39 bits per heavy atom. The molecule has 9 heteroatoms. The maximum absolute atomic E-state index is 13.4. The Morgan fingerprint density at radius 2 is 1.68 bits per heavy atom. The molecule has 198 valence electrons. The van der Waals surface area contributed by atoms with Crippen LogP contribution in [0.3, 0.4) is 0 Å². The van der Waals surface area contributed by atoms with Crippen LogP contribution in [0.5, 0.6) is 11.5 Å². The topological polar surface area (TPSA) is 84.9 Å². The Morgan fingerprint density at radius 1 is 0.974 bits per heavy atom. The third-order valence-electron chi connectivity index (χ3n) is 6.30. The van der Waals surface area contributed by atoms with Crippen molar-refractivity contribution in [1.29, 1.82) is 0 Å². The van der Waals surface area contributed by atoms with E-state index in [1.165, 1.54) is 13.2 Å². The second-order valence-corrected chi connectivity index (χ2v) is 10.4. The summed E-state index contributed by atoms with van der Waals surface area (Å²) in [6.45, 7) is 4.13. The van der Waals surface area contributed by atoms with E-state index >= 15 is 0 Å². The van der Waals surface area contributed by atoms with E-state index in [0.717, 1.165) is 35.0 Å². The second-order valence-electron chi connectivity index (χ2n) is 8.82. The number of carbonyl (C=O) groups excluding carboxylic acids is 1. The van der Waals surface area contributed by atoms with Crippen molar-refractivity contribution < 1.29 is 26.5 Å². The second kappa shape index (κ2) is 11.5. The Bertz CT molecular complexity index is 1540. The predicted octanol–water partition coefficient (Wildman–Crippen LogP) is 6.59. The van der Waals surface area contributed by atoms with Crippen molar-refractivity contribution in [2.45, 2.75) is 37.8 Å². The molecule has 4 aromatic carbocycles. The van der Waals surface area contributed by atoms with E-state index in [4.69, 9.17) is 8.92 Å². The van der Waals surface area contributed by atoms with Gasteiger partial charge in [-0.2, -0.15) is 8.42 Å². The summed E-state index contributed by atoms with van der Waals surface area (Å²) in [6.07, 6.45) is 0.710. The molecule has 0 bridgehead atoms. The van der Waals surface area contributed by atoms with Crippen LogP contribution in [0.25, 0.3) is 10.8 Å². The van der Waals surface area contributed by atoms with Gasteiger partial charge in [0.1, 0.15) is 10.7 Å². The number of hydrogen-bond acceptors (Lipinski definition) is 5. The number of nitrogens with zero attached hydrogens (tertiary/aromatic N) is 1. The fourth-order valence-electron chi connectivity index (χ4n) is 4.02. The average Bonchev–Trinajstić information content (AvgIpc) is 2.91. The van der Waals surface area contributed by atoms with Gasteiger partial charge in [0.15, 0.2) is 11.5 Å². The summed E-state index contributed by atoms with van der Waals surface area (Å²) in [6, 6.07) is 22.3. The summed E-state index contributed by atoms with van der Waals surface area (Å²) in [4.78, 5) is 14.9. The smallest absolute Gasteiger partial charge is 0.339 e. The largest absolute Gasteiger partial charge is 0.493 e. The maximum Gasteiger partial charge on any atom is 0.339 e. The molecule has 0 spiro atoms. The molecule has 4 aromatic rings. The summed E-state index contributed by atoms with van der Waals surface area (Å²) >= 11 is 0. The number of carbonyl (C=O) groups is 1. The monoisotopic (exact) mass is 536 g/mol. The van der Waals surface area contributed by atoms with E-state index < -0.39 is 15.9 Å². The number of amides is 2. The highest BCUT2D eigenvalue weighted by Gasteiger charge is 2.23. The lowest BCUT2D eigenvalue weighted by atomic mass is 10.1. The zero-order valence-corrected chi connectivity index (χ0v) is 22.2. The Labute approximate surface area is 221 Å². The van der Waals surface area contributed by atoms with Crippen molar-refractivity contribution in [1.82, 2.24) is 4.90 Å². The lowest BCUT2D eigenvalue weighted by molar-refractivity contribution is 0.187. The number of halogens is 1. The lowest BCUT2D eigenvalue weighted by Gasteiger charge is -2.29. The van der Waals surface area contributed by atoms with Gasteiger partial charge in [-0.15, -0.1) is 0 Å². The van der Waals surface area contributed by atoms with Crippen LogP contribution in [-0.2, 0) is 16.7 Å². The third-order valence-corrected chi connectivity index (χ3v) is 7.55. The lowest BCUT2D eigenvalue weighted by Crippen LogP contribution is -2.40. The van der Waals surface area contributed by atoms with E-state index in [9.17, 15) is 17.6 Å². The first-order valence-electron chi connectivity index (χ1n) is 12.1. The van der Waals surface area contributed by atoms with Gasteiger partial charge >= 0.3 is 16.1 Å². The van der Waals surface area contributed by atoms with Crippen LogP contribution in [0, 0.1) is 5.82 Å². The van der Waals surface area contributed by atoms with Crippen molar-refractivity contribution in [3.63, 3.8) is 0 Å². The van der Waals surface area contributed by atoms with Crippen LogP contribution in [0.1, 0.15) is 25.8 Å². The molecule has 1 N–H and O–H groups in total. The highest BCUT2D eigenvalue weighted by molar-refractivity contribution is 7.87.